The Balaban J connectivity index is 2.75. The molecule has 0 aliphatic heterocycles. The lowest BCUT2D eigenvalue weighted by atomic mass is 10.1. The van der Waals surface area contributed by atoms with E-state index in [9.17, 15) is 14.6 Å². The van der Waals surface area contributed by atoms with E-state index in [1.165, 1.54) is 12.1 Å². The molecule has 0 aliphatic rings. The molecule has 2 N–H and O–H groups in total. The second kappa shape index (κ2) is 5.26. The minimum atomic E-state index is -1.37. The van der Waals surface area contributed by atoms with Crippen molar-refractivity contribution in [3.8, 4) is 0 Å². The van der Waals surface area contributed by atoms with Crippen molar-refractivity contribution in [2.75, 3.05) is 6.54 Å². The van der Waals surface area contributed by atoms with E-state index < -0.39 is 18.2 Å². The summed E-state index contributed by atoms with van der Waals surface area (Å²) in [7, 11) is 0. The molecule has 0 saturated heterocycles. The van der Waals surface area contributed by atoms with Crippen LogP contribution in [0.5, 0.6) is 0 Å². The quantitative estimate of drug-likeness (QED) is 0.335. The average molecular weight is 212 g/mol. The van der Waals surface area contributed by atoms with E-state index in [1.54, 1.807) is 0 Å². The minimum absolute atomic E-state index is 0.00404. The van der Waals surface area contributed by atoms with Gasteiger partial charge >= 0.3 is 0 Å². The minimum Gasteiger partial charge on any atom is -0.390 e. The second-order valence-electron chi connectivity index (χ2n) is 2.81. The Labute approximate surface area is 84.6 Å². The van der Waals surface area contributed by atoms with Gasteiger partial charge in [-0.2, -0.15) is 4.39 Å². The molecule has 0 fully saturated rings. The molecule has 0 aromatic carbocycles. The fourth-order valence-corrected chi connectivity index (χ4v) is 1.01. The van der Waals surface area contributed by atoms with Gasteiger partial charge in [0, 0.05) is 4.91 Å². The van der Waals surface area contributed by atoms with Crippen molar-refractivity contribution in [1.82, 2.24) is 4.98 Å². The van der Waals surface area contributed by atoms with Crippen LogP contribution in [0.15, 0.2) is 23.3 Å². The lowest BCUT2D eigenvalue weighted by Gasteiger charge is -2.14. The van der Waals surface area contributed by atoms with Crippen LogP contribution in [0.4, 0.5) is 4.39 Å². The normalized spacial score (nSPS) is 14.1. The molecule has 1 heterocycles. The molecule has 2 atom stereocenters. The molecule has 80 valence electrons. The van der Waals surface area contributed by atoms with Gasteiger partial charge in [-0.1, -0.05) is 11.2 Å². The van der Waals surface area contributed by atoms with Crippen LogP contribution in [0, 0.1) is 5.95 Å². The smallest absolute Gasteiger partial charge is 0.213 e. The maximum Gasteiger partial charge on any atom is 0.213 e. The van der Waals surface area contributed by atoms with Gasteiger partial charge in [-0.25, -0.2) is 4.98 Å². The van der Waals surface area contributed by atoms with Gasteiger partial charge in [0.05, 0.1) is 18.3 Å². The molecule has 0 saturated carbocycles. The summed E-state index contributed by atoms with van der Waals surface area (Å²) < 4.78 is 12.7. The van der Waals surface area contributed by atoms with Gasteiger partial charge in [0.2, 0.25) is 5.95 Å². The molecule has 0 amide bonds. The predicted octanol–water partition coefficient (Wildman–Crippen LogP) is 0.925. The van der Waals surface area contributed by atoms with Crippen molar-refractivity contribution in [3.05, 3.63) is 40.3 Å². The zero-order valence-corrected chi connectivity index (χ0v) is 7.66. The van der Waals surface area contributed by atoms with Crippen molar-refractivity contribution in [3.63, 3.8) is 0 Å². The molecular formula is C8H9FN4O2. The van der Waals surface area contributed by atoms with E-state index in [-0.39, 0.29) is 12.2 Å². The van der Waals surface area contributed by atoms with E-state index in [2.05, 4.69) is 15.0 Å². The number of aliphatic hydroxyl groups excluding tert-OH is 2. The number of rotatable bonds is 4. The number of aliphatic hydroxyl groups is 2. The Morgan fingerprint density at radius 3 is 2.87 bits per heavy atom. The summed E-state index contributed by atoms with van der Waals surface area (Å²) in [5.74, 6) is -0.748. The fraction of sp³-hybridized carbons (Fsp3) is 0.375. The maximum absolute atomic E-state index is 12.7. The van der Waals surface area contributed by atoms with Crippen LogP contribution in [0.2, 0.25) is 0 Å². The summed E-state index contributed by atoms with van der Waals surface area (Å²) in [5, 5.41) is 21.9. The zero-order valence-electron chi connectivity index (χ0n) is 7.66. The topological polar surface area (TPSA) is 102 Å². The van der Waals surface area contributed by atoms with Gasteiger partial charge in [0.1, 0.15) is 6.10 Å². The largest absolute Gasteiger partial charge is 0.390 e. The maximum atomic E-state index is 12.7. The highest BCUT2D eigenvalue weighted by Crippen LogP contribution is 2.14. The molecule has 7 heteroatoms. The van der Waals surface area contributed by atoms with E-state index in [4.69, 9.17) is 5.53 Å². The third-order valence-electron chi connectivity index (χ3n) is 1.74. The number of hydrogen-bond donors (Lipinski definition) is 2. The first-order valence-electron chi connectivity index (χ1n) is 4.14. The molecule has 1 rings (SSSR count). The summed E-state index contributed by atoms with van der Waals surface area (Å²) in [5.41, 5.74) is 8.00. The van der Waals surface area contributed by atoms with Crippen molar-refractivity contribution >= 4 is 0 Å². The van der Waals surface area contributed by atoms with Crippen LogP contribution in [-0.4, -0.2) is 27.8 Å². The van der Waals surface area contributed by atoms with Crippen molar-refractivity contribution in [1.29, 1.82) is 0 Å². The van der Waals surface area contributed by atoms with Gasteiger partial charge in [-0.15, -0.1) is 0 Å². The van der Waals surface area contributed by atoms with Gasteiger partial charge in [-0.05, 0) is 17.7 Å². The van der Waals surface area contributed by atoms with Gasteiger partial charge in [0.15, 0.2) is 0 Å². The first kappa shape index (κ1) is 11.4. The molecular weight excluding hydrogens is 203 g/mol. The summed E-state index contributed by atoms with van der Waals surface area (Å²) >= 11 is 0. The lowest BCUT2D eigenvalue weighted by molar-refractivity contribution is 0.0213. The first-order valence-corrected chi connectivity index (χ1v) is 4.14. The predicted molar refractivity (Wildman–Crippen MR) is 49.2 cm³/mol. The highest BCUT2D eigenvalue weighted by molar-refractivity contribution is 5.09. The van der Waals surface area contributed by atoms with Crippen LogP contribution >= 0.6 is 0 Å². The third-order valence-corrected chi connectivity index (χ3v) is 1.74. The standard InChI is InChI=1S/C8H9FN4O2/c9-7-3-1-2-5(12-7)8(15)6(14)4-11-13-10/h1-3,6,8,14-15H,4H2. The number of aromatic nitrogens is 1. The SMILES string of the molecule is [N-]=[N+]=NCC(O)C(O)c1cccc(F)n1. The molecule has 0 spiro atoms. The Morgan fingerprint density at radius 2 is 2.27 bits per heavy atom. The summed E-state index contributed by atoms with van der Waals surface area (Å²) in [6.07, 6.45) is -2.67. The fourth-order valence-electron chi connectivity index (χ4n) is 1.01. The highest BCUT2D eigenvalue weighted by Gasteiger charge is 2.19. The van der Waals surface area contributed by atoms with Crippen molar-refractivity contribution < 1.29 is 14.6 Å². The van der Waals surface area contributed by atoms with Gasteiger partial charge in [0.25, 0.3) is 0 Å². The monoisotopic (exact) mass is 212 g/mol. The summed E-state index contributed by atoms with van der Waals surface area (Å²) in [6.45, 7) is -0.296. The Kier molecular flexibility index (Phi) is 3.99. The van der Waals surface area contributed by atoms with Crippen LogP contribution in [-0.2, 0) is 0 Å². The number of hydrogen-bond acceptors (Lipinski definition) is 4. The first-order chi connectivity index (χ1) is 7.15. The van der Waals surface area contributed by atoms with Crippen LogP contribution in [0.25, 0.3) is 10.4 Å². The molecule has 15 heavy (non-hydrogen) atoms. The number of nitrogens with zero attached hydrogens (tertiary/aromatic N) is 4. The van der Waals surface area contributed by atoms with Gasteiger partial charge in [-0.3, -0.25) is 0 Å². The summed E-state index contributed by atoms with van der Waals surface area (Å²) in [6, 6.07) is 3.85. The van der Waals surface area contributed by atoms with Gasteiger partial charge < -0.3 is 10.2 Å². The molecule has 0 aliphatic carbocycles. The number of pyridine rings is 1. The van der Waals surface area contributed by atoms with Crippen molar-refractivity contribution in [2.24, 2.45) is 5.11 Å². The summed E-state index contributed by atoms with van der Waals surface area (Å²) in [4.78, 5) is 5.82. The number of azide groups is 1. The zero-order chi connectivity index (χ0) is 11.3. The molecule has 6 nitrogen and oxygen atoms in total. The third kappa shape index (κ3) is 3.17. The van der Waals surface area contributed by atoms with E-state index in [0.717, 1.165) is 6.07 Å². The average Bonchev–Trinajstić information content (AvgIpc) is 2.24. The molecule has 0 bridgehead atoms. The van der Waals surface area contributed by atoms with Crippen LogP contribution in [0.1, 0.15) is 11.8 Å². The van der Waals surface area contributed by atoms with Crippen molar-refractivity contribution in [2.45, 2.75) is 12.2 Å². The van der Waals surface area contributed by atoms with E-state index in [0.29, 0.717) is 0 Å². The second-order valence-corrected chi connectivity index (χ2v) is 2.81. The van der Waals surface area contributed by atoms with Crippen LogP contribution < -0.4 is 0 Å². The van der Waals surface area contributed by atoms with E-state index >= 15 is 0 Å². The Morgan fingerprint density at radius 1 is 1.53 bits per heavy atom. The molecule has 0 radical (unpaired) electrons. The van der Waals surface area contributed by atoms with E-state index in [1.807, 2.05) is 0 Å². The lowest BCUT2D eigenvalue weighted by Crippen LogP contribution is -2.22. The number of halogens is 1. The molecule has 1 aromatic rings. The van der Waals surface area contributed by atoms with Crippen LogP contribution in [0.3, 0.4) is 0 Å². The Hall–Kier alpha value is -1.69. The molecule has 1 aromatic heterocycles. The Bertz CT molecular complexity index is 381. The molecule has 2 unspecified atom stereocenters. The highest BCUT2D eigenvalue weighted by atomic mass is 19.1.